The number of ether oxygens (including phenoxy) is 3. The molecule has 0 spiro atoms. The number of carbonyl (C=O) groups is 3. The molecule has 0 aliphatic heterocycles. The van der Waals surface area contributed by atoms with E-state index in [0.29, 0.717) is 19.3 Å². The Morgan fingerprint density at radius 1 is 0.405 bits per heavy atom. The molecule has 3 atom stereocenters. The van der Waals surface area contributed by atoms with E-state index in [-0.39, 0.29) is 19.3 Å². The summed E-state index contributed by atoms with van der Waals surface area (Å²) >= 11 is 0. The minimum atomic E-state index is -4.78. The zero-order valence-electron chi connectivity index (χ0n) is 46.3. The normalized spacial score (nSPS) is 14.3. The number of unbranched alkanes of at least 4 members (excludes halogenated alkanes) is 15. The monoisotopic (exact) mass is 1050 g/mol. The van der Waals surface area contributed by atoms with Gasteiger partial charge in [0.2, 0.25) is 0 Å². The van der Waals surface area contributed by atoms with Crippen LogP contribution in [0.2, 0.25) is 0 Å². The highest BCUT2D eigenvalue weighted by atomic mass is 31.2. The van der Waals surface area contributed by atoms with E-state index < -0.39 is 64.4 Å². The van der Waals surface area contributed by atoms with Gasteiger partial charge in [0.05, 0.1) is 26.2 Å². The molecule has 0 amide bonds. The van der Waals surface area contributed by atoms with Crippen LogP contribution in [0.5, 0.6) is 0 Å². The first-order valence-electron chi connectivity index (χ1n) is 28.4. The molecule has 2 N–H and O–H groups in total. The first kappa shape index (κ1) is 69.9. The number of hydrogen-bond donors (Lipinski definition) is 2. The van der Waals surface area contributed by atoms with E-state index in [9.17, 15) is 28.9 Å². The van der Waals surface area contributed by atoms with Crippen molar-refractivity contribution in [3.8, 4) is 0 Å². The second-order valence-electron chi connectivity index (χ2n) is 18.4. The molecule has 11 nitrogen and oxygen atoms in total. The van der Waals surface area contributed by atoms with E-state index in [4.69, 9.17) is 23.3 Å². The molecule has 0 radical (unpaired) electrons. The highest BCUT2D eigenvalue weighted by Gasteiger charge is 2.28. The number of aliphatic hydroxyl groups excluding tert-OH is 1. The summed E-state index contributed by atoms with van der Waals surface area (Å²) in [5.74, 6) is -1.67. The Hall–Kier alpha value is -4.12. The lowest BCUT2D eigenvalue weighted by atomic mass is 10.0. The third kappa shape index (κ3) is 52.7. The van der Waals surface area contributed by atoms with Gasteiger partial charge in [-0.2, -0.15) is 0 Å². The van der Waals surface area contributed by atoms with Crippen LogP contribution in [0.3, 0.4) is 0 Å². The fraction of sp³-hybridized carbons (Fsp3) is 0.629. The van der Waals surface area contributed by atoms with E-state index in [1.165, 1.54) is 57.8 Å². The lowest BCUT2D eigenvalue weighted by Crippen LogP contribution is -2.30. The molecule has 12 heteroatoms. The van der Waals surface area contributed by atoms with E-state index in [0.717, 1.165) is 96.3 Å². The second-order valence-corrected chi connectivity index (χ2v) is 19.8. The third-order valence-corrected chi connectivity index (χ3v) is 12.4. The van der Waals surface area contributed by atoms with Gasteiger partial charge in [0.15, 0.2) is 6.10 Å². The molecular formula is C62H101O11P. The van der Waals surface area contributed by atoms with E-state index in [2.05, 4.69) is 118 Å². The molecule has 0 rings (SSSR count). The lowest BCUT2D eigenvalue weighted by Gasteiger charge is -2.21. The average molecular weight is 1050 g/mol. The van der Waals surface area contributed by atoms with Gasteiger partial charge in [-0.15, -0.1) is 0 Å². The second kappa shape index (κ2) is 55.1. The van der Waals surface area contributed by atoms with Crippen LogP contribution in [0.15, 0.2) is 122 Å². The average Bonchev–Trinajstić information content (AvgIpc) is 3.39. The van der Waals surface area contributed by atoms with Crippen molar-refractivity contribution in [2.45, 2.75) is 226 Å². The molecular weight excluding hydrogens is 952 g/mol. The van der Waals surface area contributed by atoms with Gasteiger partial charge >= 0.3 is 25.7 Å². The SMILES string of the molecule is CC/C=C\C/C=C\C/C=C\C/C=C\C/C=C\CCCCCC(=O)OCC(COP(=O)(O)OCC(CO)OC(=O)CCCCCCCCCCCCCCC)OC(=O)C/C=C\C/C=C\C/C=C\C/C=C\C/C=C\CC. The molecule has 0 fully saturated rings. The maximum absolute atomic E-state index is 12.9. The van der Waals surface area contributed by atoms with Crippen LogP contribution in [0.1, 0.15) is 213 Å². The summed E-state index contributed by atoms with van der Waals surface area (Å²) < 4.78 is 39.3. The van der Waals surface area contributed by atoms with Crippen molar-refractivity contribution in [3.63, 3.8) is 0 Å². The molecule has 0 saturated carbocycles. The Kier molecular flexibility index (Phi) is 52.1. The van der Waals surface area contributed by atoms with Gasteiger partial charge in [-0.3, -0.25) is 23.4 Å². The molecule has 0 aromatic heterocycles. The first-order valence-corrected chi connectivity index (χ1v) is 29.9. The molecule has 0 bridgehead atoms. The topological polar surface area (TPSA) is 155 Å². The smallest absolute Gasteiger partial charge is 0.462 e. The Morgan fingerprint density at radius 2 is 0.757 bits per heavy atom. The number of hydrogen-bond acceptors (Lipinski definition) is 10. The highest BCUT2D eigenvalue weighted by molar-refractivity contribution is 7.47. The molecule has 420 valence electrons. The van der Waals surface area contributed by atoms with E-state index in [1.54, 1.807) is 6.08 Å². The van der Waals surface area contributed by atoms with Gasteiger partial charge in [0.25, 0.3) is 0 Å². The standard InChI is InChI=1S/C62H101O11P/c1-4-7-10-13-16-19-22-25-27-28-29-30-32-34-36-39-42-45-48-51-60(64)69-55-59(73-62(66)53-50-47-44-41-38-35-31-26-23-20-17-14-11-8-5-2)57-71-74(67,68)70-56-58(54-63)72-61(65)52-49-46-43-40-37-33-24-21-18-15-12-9-6-3/h7-8,10-11,16-17,19-20,25-27,29-31,34,36,38,41,47,50,58-59,63H,4-6,9,12-15,18,21-24,28,32-33,35,37,39-40,42-46,48-49,51-57H2,1-3H3,(H,67,68)/b10-7-,11-8-,19-16-,20-17-,27-25-,30-29-,31-26-,36-34-,41-38-,50-47-. The van der Waals surface area contributed by atoms with Crippen molar-refractivity contribution in [3.05, 3.63) is 122 Å². The summed E-state index contributed by atoms with van der Waals surface area (Å²) in [6.07, 6.45) is 67.6. The predicted octanol–water partition coefficient (Wildman–Crippen LogP) is 16.8. The zero-order chi connectivity index (χ0) is 54.1. The number of esters is 3. The summed E-state index contributed by atoms with van der Waals surface area (Å²) in [5, 5.41) is 9.80. The van der Waals surface area contributed by atoms with E-state index >= 15 is 0 Å². The fourth-order valence-electron chi connectivity index (χ4n) is 7.16. The summed E-state index contributed by atoms with van der Waals surface area (Å²) in [6, 6.07) is 0. The first-order chi connectivity index (χ1) is 36.2. The molecule has 74 heavy (non-hydrogen) atoms. The molecule has 0 aromatic carbocycles. The number of rotatable bonds is 51. The Bertz CT molecular complexity index is 1700. The van der Waals surface area contributed by atoms with Crippen molar-refractivity contribution >= 4 is 25.7 Å². The van der Waals surface area contributed by atoms with Crippen LogP contribution < -0.4 is 0 Å². The quantitative estimate of drug-likeness (QED) is 0.0197. The van der Waals surface area contributed by atoms with Crippen molar-refractivity contribution in [1.29, 1.82) is 0 Å². The largest absolute Gasteiger partial charge is 0.472 e. The van der Waals surface area contributed by atoms with Crippen molar-refractivity contribution in [1.82, 2.24) is 0 Å². The minimum absolute atomic E-state index is 0.0774. The molecule has 0 aromatic rings. The number of phosphoric acid groups is 1. The molecule has 3 unspecified atom stereocenters. The van der Waals surface area contributed by atoms with Gasteiger partial charge < -0.3 is 24.2 Å². The maximum atomic E-state index is 12.9. The highest BCUT2D eigenvalue weighted by Crippen LogP contribution is 2.43. The third-order valence-electron chi connectivity index (χ3n) is 11.4. The lowest BCUT2D eigenvalue weighted by molar-refractivity contribution is -0.160. The predicted molar refractivity (Wildman–Crippen MR) is 306 cm³/mol. The van der Waals surface area contributed by atoms with Crippen LogP contribution in [-0.4, -0.2) is 66.5 Å². The number of phosphoric ester groups is 1. The number of aliphatic hydroxyl groups is 1. The Morgan fingerprint density at radius 3 is 1.19 bits per heavy atom. The summed E-state index contributed by atoms with van der Waals surface area (Å²) in [4.78, 5) is 48.4. The van der Waals surface area contributed by atoms with Crippen LogP contribution in [0, 0.1) is 0 Å². The Balaban J connectivity index is 4.89. The van der Waals surface area contributed by atoms with Crippen molar-refractivity contribution in [2.24, 2.45) is 0 Å². The summed E-state index contributed by atoms with van der Waals surface area (Å²) in [5.41, 5.74) is 0. The minimum Gasteiger partial charge on any atom is -0.462 e. The van der Waals surface area contributed by atoms with Gasteiger partial charge in [-0.1, -0.05) is 226 Å². The van der Waals surface area contributed by atoms with Gasteiger partial charge in [-0.25, -0.2) is 4.57 Å². The van der Waals surface area contributed by atoms with Crippen LogP contribution >= 0.6 is 7.82 Å². The van der Waals surface area contributed by atoms with Crippen molar-refractivity contribution in [2.75, 3.05) is 26.4 Å². The molecule has 0 aliphatic rings. The fourth-order valence-corrected chi connectivity index (χ4v) is 7.95. The summed E-state index contributed by atoms with van der Waals surface area (Å²) in [6.45, 7) is 4.25. The van der Waals surface area contributed by atoms with Crippen LogP contribution in [0.4, 0.5) is 0 Å². The van der Waals surface area contributed by atoms with Gasteiger partial charge in [0.1, 0.15) is 12.7 Å². The molecule has 0 saturated heterocycles. The van der Waals surface area contributed by atoms with Crippen molar-refractivity contribution < 1.29 is 52.2 Å². The Labute approximate surface area is 449 Å². The molecule has 0 heterocycles. The maximum Gasteiger partial charge on any atom is 0.472 e. The number of carbonyl (C=O) groups excluding carboxylic acids is 3. The zero-order valence-corrected chi connectivity index (χ0v) is 47.2. The summed E-state index contributed by atoms with van der Waals surface area (Å²) in [7, 11) is -4.78. The number of allylic oxidation sites excluding steroid dienone is 19. The molecule has 0 aliphatic carbocycles. The van der Waals surface area contributed by atoms with Crippen LogP contribution in [0.25, 0.3) is 0 Å². The van der Waals surface area contributed by atoms with Gasteiger partial charge in [0, 0.05) is 12.8 Å². The van der Waals surface area contributed by atoms with Gasteiger partial charge in [-0.05, 0) is 89.9 Å². The van der Waals surface area contributed by atoms with E-state index in [1.807, 2.05) is 18.2 Å². The van der Waals surface area contributed by atoms with Crippen LogP contribution in [-0.2, 0) is 42.2 Å².